The van der Waals surface area contributed by atoms with Gasteiger partial charge in [0.05, 0.1) is 17.3 Å². The van der Waals surface area contributed by atoms with E-state index in [9.17, 15) is 14.0 Å². The highest BCUT2D eigenvalue weighted by Crippen LogP contribution is 2.23. The van der Waals surface area contributed by atoms with Crippen molar-refractivity contribution >= 4 is 34.2 Å². The number of rotatable bonds is 3. The predicted octanol–water partition coefficient (Wildman–Crippen LogP) is 2.10. The van der Waals surface area contributed by atoms with Crippen LogP contribution in [0.25, 0.3) is 16.7 Å². The Morgan fingerprint density at radius 1 is 1.23 bits per heavy atom. The van der Waals surface area contributed by atoms with Crippen LogP contribution in [-0.2, 0) is 16.8 Å². The number of amides is 1. The number of halogens is 1. The second-order valence-electron chi connectivity index (χ2n) is 7.96. The highest BCUT2D eigenvalue weighted by molar-refractivity contribution is 5.90. The molecule has 0 saturated carbocycles. The van der Waals surface area contributed by atoms with Crippen LogP contribution in [0.4, 0.5) is 16.0 Å². The van der Waals surface area contributed by atoms with Gasteiger partial charge in [0.2, 0.25) is 5.91 Å². The Morgan fingerprint density at radius 2 is 2.00 bits per heavy atom. The standard InChI is InChI=1S/C20H20FN7O2/c1-20(2,3)13-8-17-27(10-16(29)25-15-7-4-11(21)9-23-15)19(30)12-5-6-14(22)24-18(12)28(17)26-13/h4-9H,10H2,1-3H3,(H2,22,24)(H,23,25,29). The Morgan fingerprint density at radius 3 is 2.67 bits per heavy atom. The molecular formula is C20H20FN7O2. The number of hydrogen-bond donors (Lipinski definition) is 2. The lowest BCUT2D eigenvalue weighted by Gasteiger charge is -2.13. The Hall–Kier alpha value is -3.82. The number of nitrogen functional groups attached to an aromatic ring is 1. The van der Waals surface area contributed by atoms with Crippen LogP contribution in [0.5, 0.6) is 0 Å². The van der Waals surface area contributed by atoms with Gasteiger partial charge in [-0.25, -0.2) is 14.4 Å². The first-order valence-electron chi connectivity index (χ1n) is 9.24. The van der Waals surface area contributed by atoms with Crippen molar-refractivity contribution in [3.8, 4) is 0 Å². The van der Waals surface area contributed by atoms with Crippen molar-refractivity contribution in [2.45, 2.75) is 32.7 Å². The molecule has 3 N–H and O–H groups in total. The highest BCUT2D eigenvalue weighted by Gasteiger charge is 2.22. The van der Waals surface area contributed by atoms with Crippen LogP contribution < -0.4 is 16.6 Å². The lowest BCUT2D eigenvalue weighted by atomic mass is 9.93. The molecule has 0 radical (unpaired) electrons. The van der Waals surface area contributed by atoms with E-state index in [1.54, 1.807) is 12.1 Å². The maximum absolute atomic E-state index is 13.1. The molecule has 10 heteroatoms. The van der Waals surface area contributed by atoms with Crippen molar-refractivity contribution in [2.75, 3.05) is 11.1 Å². The van der Waals surface area contributed by atoms with Crippen LogP contribution in [0.15, 0.2) is 41.3 Å². The summed E-state index contributed by atoms with van der Waals surface area (Å²) in [5, 5.41) is 7.46. The number of carbonyl (C=O) groups excluding carboxylic acids is 1. The van der Waals surface area contributed by atoms with Crippen LogP contribution in [0.1, 0.15) is 26.5 Å². The normalized spacial score (nSPS) is 11.9. The van der Waals surface area contributed by atoms with E-state index in [-0.39, 0.29) is 29.0 Å². The first-order chi connectivity index (χ1) is 14.1. The SMILES string of the molecule is CC(C)(C)c1cc2n(CC(=O)Nc3ccc(F)cn3)c(=O)c3ccc(N)nc3n2n1. The van der Waals surface area contributed by atoms with Crippen molar-refractivity contribution < 1.29 is 9.18 Å². The molecule has 4 aromatic heterocycles. The molecule has 0 aliphatic heterocycles. The van der Waals surface area contributed by atoms with Crippen LogP contribution in [-0.4, -0.2) is 30.1 Å². The number of fused-ring (bicyclic) bond motifs is 3. The molecule has 0 fully saturated rings. The van der Waals surface area contributed by atoms with Gasteiger partial charge in [-0.3, -0.25) is 14.2 Å². The van der Waals surface area contributed by atoms with E-state index in [0.29, 0.717) is 11.3 Å². The monoisotopic (exact) mass is 409 g/mol. The maximum Gasteiger partial charge on any atom is 0.263 e. The van der Waals surface area contributed by atoms with E-state index in [0.717, 1.165) is 11.9 Å². The first kappa shape index (κ1) is 19.5. The molecule has 0 aliphatic rings. The topological polar surface area (TPSA) is 120 Å². The first-order valence-corrected chi connectivity index (χ1v) is 9.24. The number of nitrogens with two attached hydrogens (primary N) is 1. The molecule has 0 unspecified atom stereocenters. The molecule has 9 nitrogen and oxygen atoms in total. The molecule has 4 aromatic rings. The van der Waals surface area contributed by atoms with Crippen LogP contribution in [0.3, 0.4) is 0 Å². The van der Waals surface area contributed by atoms with E-state index in [2.05, 4.69) is 20.4 Å². The van der Waals surface area contributed by atoms with Gasteiger partial charge in [0.15, 0.2) is 5.65 Å². The summed E-state index contributed by atoms with van der Waals surface area (Å²) >= 11 is 0. The van der Waals surface area contributed by atoms with Crippen molar-refractivity contribution in [1.29, 1.82) is 0 Å². The van der Waals surface area contributed by atoms with Gasteiger partial charge < -0.3 is 11.1 Å². The van der Waals surface area contributed by atoms with E-state index in [4.69, 9.17) is 5.73 Å². The van der Waals surface area contributed by atoms with Gasteiger partial charge in [-0.2, -0.15) is 9.61 Å². The highest BCUT2D eigenvalue weighted by atomic mass is 19.1. The lowest BCUT2D eigenvalue weighted by Crippen LogP contribution is -2.29. The molecule has 0 aliphatic carbocycles. The summed E-state index contributed by atoms with van der Waals surface area (Å²) in [4.78, 5) is 33.8. The Labute approximate surface area is 170 Å². The molecule has 0 spiro atoms. The summed E-state index contributed by atoms with van der Waals surface area (Å²) in [7, 11) is 0. The average Bonchev–Trinajstić information content (AvgIpc) is 3.13. The fourth-order valence-corrected chi connectivity index (χ4v) is 3.06. The summed E-state index contributed by atoms with van der Waals surface area (Å²) in [5.41, 5.74) is 6.59. The minimum absolute atomic E-state index is 0.185. The molecule has 30 heavy (non-hydrogen) atoms. The Bertz CT molecular complexity index is 1330. The van der Waals surface area contributed by atoms with E-state index in [1.807, 2.05) is 20.8 Å². The van der Waals surface area contributed by atoms with Gasteiger partial charge in [0.1, 0.15) is 29.6 Å². The quantitative estimate of drug-likeness (QED) is 0.535. The molecule has 1 amide bonds. The van der Waals surface area contributed by atoms with Crippen LogP contribution in [0.2, 0.25) is 0 Å². The van der Waals surface area contributed by atoms with Crippen molar-refractivity contribution in [2.24, 2.45) is 0 Å². The Kier molecular flexibility index (Phi) is 4.49. The average molecular weight is 409 g/mol. The zero-order valence-corrected chi connectivity index (χ0v) is 16.7. The zero-order chi connectivity index (χ0) is 21.6. The summed E-state index contributed by atoms with van der Waals surface area (Å²) in [5.74, 6) is -0.556. The van der Waals surface area contributed by atoms with Crippen molar-refractivity contribution in [1.82, 2.24) is 24.1 Å². The number of pyridine rings is 2. The van der Waals surface area contributed by atoms with Gasteiger partial charge >= 0.3 is 0 Å². The third-order valence-electron chi connectivity index (χ3n) is 4.60. The zero-order valence-electron chi connectivity index (χ0n) is 16.7. The fraction of sp³-hybridized carbons (Fsp3) is 0.250. The van der Waals surface area contributed by atoms with Gasteiger partial charge in [-0.15, -0.1) is 0 Å². The molecule has 0 saturated heterocycles. The number of hydrogen-bond acceptors (Lipinski definition) is 6. The van der Waals surface area contributed by atoms with Gasteiger partial charge in [0.25, 0.3) is 5.56 Å². The van der Waals surface area contributed by atoms with Gasteiger partial charge in [-0.1, -0.05) is 20.8 Å². The third-order valence-corrected chi connectivity index (χ3v) is 4.60. The number of anilines is 2. The maximum atomic E-state index is 13.1. The molecule has 4 rings (SSSR count). The number of nitrogens with one attached hydrogen (secondary N) is 1. The predicted molar refractivity (Wildman–Crippen MR) is 111 cm³/mol. The van der Waals surface area contributed by atoms with Crippen LogP contribution >= 0.6 is 0 Å². The molecular weight excluding hydrogens is 389 g/mol. The number of aromatic nitrogens is 5. The van der Waals surface area contributed by atoms with Crippen molar-refractivity contribution in [3.63, 3.8) is 0 Å². The molecule has 0 bridgehead atoms. The Balaban J connectivity index is 1.85. The number of carbonyl (C=O) groups is 1. The largest absolute Gasteiger partial charge is 0.384 e. The van der Waals surface area contributed by atoms with E-state index in [1.165, 1.54) is 27.3 Å². The minimum Gasteiger partial charge on any atom is -0.384 e. The van der Waals surface area contributed by atoms with E-state index >= 15 is 0 Å². The van der Waals surface area contributed by atoms with Gasteiger partial charge in [0, 0.05) is 11.5 Å². The van der Waals surface area contributed by atoms with Gasteiger partial charge in [-0.05, 0) is 24.3 Å². The molecule has 4 heterocycles. The number of nitrogens with zero attached hydrogens (tertiary/aromatic N) is 5. The van der Waals surface area contributed by atoms with E-state index < -0.39 is 17.3 Å². The molecule has 0 atom stereocenters. The van der Waals surface area contributed by atoms with Crippen LogP contribution in [0, 0.1) is 5.82 Å². The summed E-state index contributed by atoms with van der Waals surface area (Å²) < 4.78 is 15.9. The molecule has 154 valence electrons. The summed E-state index contributed by atoms with van der Waals surface area (Å²) in [6.07, 6.45) is 0.999. The summed E-state index contributed by atoms with van der Waals surface area (Å²) in [6.45, 7) is 5.70. The summed E-state index contributed by atoms with van der Waals surface area (Å²) in [6, 6.07) is 7.38. The fourth-order valence-electron chi connectivity index (χ4n) is 3.06. The smallest absolute Gasteiger partial charge is 0.263 e. The van der Waals surface area contributed by atoms with Crippen molar-refractivity contribution in [3.05, 3.63) is 58.4 Å². The second-order valence-corrected chi connectivity index (χ2v) is 7.96. The third kappa shape index (κ3) is 3.47. The minimum atomic E-state index is -0.513. The lowest BCUT2D eigenvalue weighted by molar-refractivity contribution is -0.116. The molecule has 0 aromatic carbocycles. The second kappa shape index (κ2) is 6.90.